The van der Waals surface area contributed by atoms with Crippen LogP contribution < -0.4 is 96.0 Å². The minimum atomic E-state index is -5.10. The van der Waals surface area contributed by atoms with Crippen LogP contribution in [-0.4, -0.2) is 109 Å². The SMILES string of the molecule is CC(C)C[C@H](CC(=O)NO)C(=O)N[C@@H](Cc1cc2ccccc2[nH]1)C(N)=O.CC(C)C[C@H](NP(=O)([O-])OC1OC(C)C(O)C(O)C1O)C(=O)N[C@@H](Cc1c[nH]c2ccccc12)C(=O)[O-].[Na+].[Na+]. The minimum absolute atomic E-state index is 0. The number of hydrogen-bond acceptors (Lipinski definition) is 14. The number of hydrogen-bond donors (Lipinski definition) is 11. The fourth-order valence-electron chi connectivity index (χ4n) is 7.23. The van der Waals surface area contributed by atoms with Gasteiger partial charge in [0.2, 0.25) is 31.4 Å². The molecule has 2 aromatic carbocycles. The monoisotopic (exact) mass is 961 g/mol. The van der Waals surface area contributed by atoms with Crippen LogP contribution in [0.3, 0.4) is 0 Å². The van der Waals surface area contributed by atoms with E-state index in [0.717, 1.165) is 27.5 Å². The predicted octanol–water partition coefficient (Wildman–Crippen LogP) is -6.49. The van der Waals surface area contributed by atoms with Crippen molar-refractivity contribution in [2.24, 2.45) is 23.5 Å². The number of carbonyl (C=O) groups is 5. The van der Waals surface area contributed by atoms with Gasteiger partial charge >= 0.3 is 59.1 Å². The van der Waals surface area contributed by atoms with Gasteiger partial charge < -0.3 is 61.2 Å². The second-order valence-corrected chi connectivity index (χ2v) is 18.1. The second kappa shape index (κ2) is 27.1. The maximum absolute atomic E-state index is 13.0. The van der Waals surface area contributed by atoms with Crippen molar-refractivity contribution in [1.82, 2.24) is 31.2 Å². The summed E-state index contributed by atoms with van der Waals surface area (Å²) in [4.78, 5) is 79.7. The third-order valence-corrected chi connectivity index (χ3v) is 11.6. The van der Waals surface area contributed by atoms with Crippen molar-refractivity contribution in [2.45, 2.75) is 116 Å². The van der Waals surface area contributed by atoms with Crippen LogP contribution in [0.1, 0.15) is 65.1 Å². The van der Waals surface area contributed by atoms with E-state index in [1.165, 1.54) is 12.4 Å². The van der Waals surface area contributed by atoms with E-state index in [2.05, 4.69) is 25.7 Å². The molecule has 2 aromatic heterocycles. The number of aliphatic carboxylic acids is 1. The molecule has 352 valence electrons. The number of carboxylic acid groups (broad SMARTS) is 1. The Balaban J connectivity index is 0.000000461. The number of H-pyrrole nitrogens is 2. The summed E-state index contributed by atoms with van der Waals surface area (Å²) in [5, 5.41) is 59.1. The molecule has 1 saturated heterocycles. The van der Waals surface area contributed by atoms with Gasteiger partial charge in [0.25, 0.3) is 0 Å². The van der Waals surface area contributed by atoms with Gasteiger partial charge in [0.1, 0.15) is 24.4 Å². The van der Waals surface area contributed by atoms with Gasteiger partial charge in [-0.1, -0.05) is 64.1 Å². The van der Waals surface area contributed by atoms with Crippen molar-refractivity contribution in [3.63, 3.8) is 0 Å². The smallest absolute Gasteiger partial charge is 0.766 e. The Kier molecular flexibility index (Phi) is 24.2. The number of aliphatic hydroxyl groups excluding tert-OH is 3. The number of nitrogens with one attached hydrogen (secondary N) is 6. The van der Waals surface area contributed by atoms with Crippen LogP contribution in [0.15, 0.2) is 60.8 Å². The Morgan fingerprint density at radius 2 is 1.45 bits per heavy atom. The molecule has 0 radical (unpaired) electrons. The molecule has 1 aliphatic heterocycles. The normalized spacial score (nSPS) is 20.9. The summed E-state index contributed by atoms with van der Waals surface area (Å²) in [6.45, 7) is 8.66. The summed E-state index contributed by atoms with van der Waals surface area (Å²) >= 11 is 0. The Hall–Kier alpha value is -3.22. The number of carboxylic acids is 1. The molecule has 6 unspecified atom stereocenters. The van der Waals surface area contributed by atoms with Crippen LogP contribution in [0.5, 0.6) is 0 Å². The van der Waals surface area contributed by atoms with Crippen molar-refractivity contribution < 1.29 is 127 Å². The molecule has 24 heteroatoms. The first kappa shape index (κ1) is 58.9. The Labute approximate surface area is 425 Å². The number of aromatic amines is 2. The fourth-order valence-corrected chi connectivity index (χ4v) is 8.34. The van der Waals surface area contributed by atoms with Gasteiger partial charge in [0.05, 0.1) is 24.2 Å². The minimum Gasteiger partial charge on any atom is -0.766 e. The van der Waals surface area contributed by atoms with Gasteiger partial charge in [-0.2, -0.15) is 0 Å². The molecule has 0 spiro atoms. The maximum atomic E-state index is 13.0. The van der Waals surface area contributed by atoms with Crippen molar-refractivity contribution in [3.8, 4) is 0 Å². The number of para-hydroxylation sites is 2. The summed E-state index contributed by atoms with van der Waals surface area (Å²) in [6, 6.07) is 13.0. The van der Waals surface area contributed by atoms with Crippen LogP contribution in [-0.2, 0) is 50.6 Å². The molecule has 21 nitrogen and oxygen atoms in total. The van der Waals surface area contributed by atoms with E-state index in [4.69, 9.17) is 20.2 Å². The molecule has 66 heavy (non-hydrogen) atoms. The zero-order valence-corrected chi connectivity index (χ0v) is 43.0. The van der Waals surface area contributed by atoms with Crippen molar-refractivity contribution >= 4 is 59.2 Å². The van der Waals surface area contributed by atoms with E-state index in [9.17, 15) is 53.9 Å². The van der Waals surface area contributed by atoms with Crippen LogP contribution in [0.4, 0.5) is 0 Å². The predicted molar refractivity (Wildman–Crippen MR) is 227 cm³/mol. The largest absolute Gasteiger partial charge is 1.00 e. The number of carbonyl (C=O) groups excluding carboxylic acids is 5. The van der Waals surface area contributed by atoms with Gasteiger partial charge in [0, 0.05) is 53.5 Å². The molecule has 5 rings (SSSR count). The third-order valence-electron chi connectivity index (χ3n) is 10.4. The number of rotatable bonds is 20. The third kappa shape index (κ3) is 17.4. The van der Waals surface area contributed by atoms with Crippen LogP contribution >= 0.6 is 7.75 Å². The number of fused-ring (bicyclic) bond motifs is 2. The van der Waals surface area contributed by atoms with E-state index in [1.807, 2.05) is 56.3 Å². The van der Waals surface area contributed by atoms with Gasteiger partial charge in [0.15, 0.2) is 6.29 Å². The number of amides is 4. The number of benzene rings is 2. The van der Waals surface area contributed by atoms with E-state index in [1.54, 1.807) is 32.2 Å². The molecule has 4 aromatic rings. The molecule has 10 atom stereocenters. The molecule has 4 amide bonds. The molecule has 0 saturated carbocycles. The summed E-state index contributed by atoms with van der Waals surface area (Å²) in [5.74, 6) is -4.91. The summed E-state index contributed by atoms with van der Waals surface area (Å²) in [6.07, 6.45) is -5.98. The number of aromatic nitrogens is 2. The first-order chi connectivity index (χ1) is 30.1. The molecule has 12 N–H and O–H groups in total. The Morgan fingerprint density at radius 3 is 2.05 bits per heavy atom. The molecule has 3 heterocycles. The topological polar surface area (TPSA) is 354 Å². The van der Waals surface area contributed by atoms with E-state index < -0.39 is 92.1 Å². The van der Waals surface area contributed by atoms with Gasteiger partial charge in [-0.15, -0.1) is 0 Å². The average Bonchev–Trinajstić information content (AvgIpc) is 3.84. The van der Waals surface area contributed by atoms with E-state index in [-0.39, 0.29) is 96.6 Å². The number of ether oxygens (including phenoxy) is 1. The van der Waals surface area contributed by atoms with Crippen LogP contribution in [0.2, 0.25) is 0 Å². The van der Waals surface area contributed by atoms with Crippen molar-refractivity contribution in [2.75, 3.05) is 0 Å². The number of hydroxylamine groups is 1. The zero-order valence-electron chi connectivity index (χ0n) is 38.1. The van der Waals surface area contributed by atoms with Crippen LogP contribution in [0.25, 0.3) is 21.8 Å². The summed E-state index contributed by atoms with van der Waals surface area (Å²) < 4.78 is 22.7. The molecule has 1 fully saturated rings. The number of primary amides is 1. The molecule has 0 aliphatic carbocycles. The maximum Gasteiger partial charge on any atom is 1.00 e. The Morgan fingerprint density at radius 1 is 0.848 bits per heavy atom. The van der Waals surface area contributed by atoms with E-state index >= 15 is 0 Å². The van der Waals surface area contributed by atoms with Crippen molar-refractivity contribution in [3.05, 3.63) is 72.1 Å². The quantitative estimate of drug-likeness (QED) is 0.0170. The molecule has 0 bridgehead atoms. The van der Waals surface area contributed by atoms with Gasteiger partial charge in [-0.25, -0.2) is 10.6 Å². The fraction of sp³-hybridized carbons (Fsp3) is 0.500. The molecular weight excluding hydrogens is 903 g/mol. The average molecular weight is 962 g/mol. The first-order valence-electron chi connectivity index (χ1n) is 20.7. The van der Waals surface area contributed by atoms with Gasteiger partial charge in [-0.3, -0.25) is 33.5 Å². The molecular formula is C42H58N7Na2O14P. The Bertz CT molecular complexity index is 2250. The van der Waals surface area contributed by atoms with Crippen molar-refractivity contribution in [1.29, 1.82) is 0 Å². The zero-order chi connectivity index (χ0) is 47.5. The standard InChI is InChI=1S/C23H34N3O10P.C19H26N4O4.2Na/c1-11(2)8-16(26-37(33,34)36-23-20(29)19(28)18(27)12(3)35-23)21(30)25-17(22(31)32)9-13-10-24-15-7-5-4-6-14(13)15;1-11(2)7-13(9-17(24)23-27)19(26)22-16(18(20)25)10-14-8-12-5-3-4-6-15(12)21-14;;/h4-7,10-12,16-20,23-24,27-29H,8-9H2,1-3H3,(H,25,30)(H,31,32)(H2,26,33,34);3-6,8,11,13,16,21,27H,7,9-10H2,1-2H3,(H2,20,25)(H,22,26)(H,23,24);;/q;;2*+1/p-2/t12?,16-,17-,18?,19?,20?,23?;13-,16+;;/m01../s1. The number of nitrogens with two attached hydrogens (primary N) is 1. The summed E-state index contributed by atoms with van der Waals surface area (Å²) in [7, 11) is -5.10. The first-order valence-corrected chi connectivity index (χ1v) is 22.3. The summed E-state index contributed by atoms with van der Waals surface area (Å²) in [5.41, 5.74) is 10.1. The second-order valence-electron chi connectivity index (χ2n) is 16.7. The van der Waals surface area contributed by atoms with E-state index in [0.29, 0.717) is 12.0 Å². The molecule has 1 aliphatic rings. The van der Waals surface area contributed by atoms with Gasteiger partial charge in [-0.05, 0) is 60.7 Å². The number of aliphatic hydroxyl groups is 3. The van der Waals surface area contributed by atoms with Crippen LogP contribution in [0, 0.1) is 17.8 Å².